The zero-order valence-electron chi connectivity index (χ0n) is 42.1. The number of hydrogen-bond donors (Lipinski definition) is 13. The lowest BCUT2D eigenvalue weighted by Gasteiger charge is -2.32. The first kappa shape index (κ1) is 60.3. The van der Waals surface area contributed by atoms with E-state index in [0.29, 0.717) is 37.8 Å². The van der Waals surface area contributed by atoms with E-state index in [0.717, 1.165) is 0 Å². The first-order chi connectivity index (χ1) is 33.4. The van der Waals surface area contributed by atoms with Crippen LogP contribution < -0.4 is 59.7 Å². The quantitative estimate of drug-likeness (QED) is 0.0201. The van der Waals surface area contributed by atoms with Crippen molar-refractivity contribution in [2.45, 2.75) is 168 Å². The number of likely N-dealkylation sites (tertiary alicyclic amines) is 1. The van der Waals surface area contributed by atoms with Crippen LogP contribution in [0.1, 0.15) is 112 Å². The second-order valence-corrected chi connectivity index (χ2v) is 18.0. The molecule has 16 N–H and O–H groups in total. The maximum atomic E-state index is 14.2. The number of amides is 10. The standard InChI is InChI=1S/C45H77N15O11/c1-9-14-29(55-43(70)36(26(7)61)59-42(69)35(24(5)11-3)58-39(66)31(19-28-20-49-22-52-28)54-33(63)21-51-27(8)62)38(65)57-34(23(4)10-2)41(68)56-30(15-12-17-50-45(47)48)44(71)60-18-13-16-32(60)40(67)53-25(6)37(46)64/h20,22-26,29-32,34-36,61H,9-19,21H2,1-8H3,(H2,46,64)(H,49,52)(H,51,62)(H,53,67)(H,54,63)(H,55,70)(H,56,68)(H,57,65)(H,58,66)(H,59,69)(H4,47,48,50)/t23-,24-,25+,26+,29-,30-,31-,32-,34-,35+,36-/m0/s1. The minimum atomic E-state index is -1.65. The van der Waals surface area contributed by atoms with Gasteiger partial charge in [-0.3, -0.25) is 52.9 Å². The summed E-state index contributed by atoms with van der Waals surface area (Å²) in [6.07, 6.45) is 3.45. The largest absolute Gasteiger partial charge is 0.391 e. The number of guanidine groups is 1. The highest BCUT2D eigenvalue weighted by Crippen LogP contribution is 2.21. The number of nitrogens with one attached hydrogen (secondary N) is 9. The van der Waals surface area contributed by atoms with Crippen LogP contribution in [0.4, 0.5) is 0 Å². The van der Waals surface area contributed by atoms with Crippen molar-refractivity contribution < 1.29 is 53.1 Å². The summed E-state index contributed by atoms with van der Waals surface area (Å²) in [7, 11) is 0. The highest BCUT2D eigenvalue weighted by Gasteiger charge is 2.40. The third kappa shape index (κ3) is 19.8. The number of hydrogen-bond acceptors (Lipinski definition) is 13. The summed E-state index contributed by atoms with van der Waals surface area (Å²) in [5, 5.41) is 31.5. The third-order valence-electron chi connectivity index (χ3n) is 12.2. The number of imidazole rings is 1. The molecule has 0 unspecified atom stereocenters. The summed E-state index contributed by atoms with van der Waals surface area (Å²) in [4.78, 5) is 145. The van der Waals surface area contributed by atoms with Gasteiger partial charge in [0.15, 0.2) is 5.96 Å². The first-order valence-corrected chi connectivity index (χ1v) is 24.1. The molecule has 2 heterocycles. The Morgan fingerprint density at radius 2 is 1.32 bits per heavy atom. The molecule has 1 aromatic heterocycles. The maximum absolute atomic E-state index is 14.2. The zero-order chi connectivity index (χ0) is 53.5. The molecule has 10 amide bonds. The van der Waals surface area contributed by atoms with Crippen LogP contribution >= 0.6 is 0 Å². The molecule has 0 radical (unpaired) electrons. The average Bonchev–Trinajstić information content (AvgIpc) is 4.03. The number of carbonyl (C=O) groups is 10. The van der Waals surface area contributed by atoms with Gasteiger partial charge in [0.2, 0.25) is 59.1 Å². The molecule has 26 heteroatoms. The molecular formula is C45H77N15O11. The highest BCUT2D eigenvalue weighted by molar-refractivity contribution is 5.98. The second-order valence-electron chi connectivity index (χ2n) is 18.0. The maximum Gasteiger partial charge on any atom is 0.245 e. The fourth-order valence-corrected chi connectivity index (χ4v) is 7.56. The lowest BCUT2D eigenvalue weighted by Crippen LogP contribution is -2.63. The fraction of sp³-hybridized carbons (Fsp3) is 0.689. The van der Waals surface area contributed by atoms with Crippen LogP contribution in [0.15, 0.2) is 17.5 Å². The fourth-order valence-electron chi connectivity index (χ4n) is 7.56. The van der Waals surface area contributed by atoms with Gasteiger partial charge in [-0.25, -0.2) is 4.98 Å². The van der Waals surface area contributed by atoms with E-state index in [-0.39, 0.29) is 44.7 Å². The summed E-state index contributed by atoms with van der Waals surface area (Å²) in [6.45, 7) is 12.4. The van der Waals surface area contributed by atoms with Gasteiger partial charge in [0.05, 0.1) is 19.0 Å². The van der Waals surface area contributed by atoms with Gasteiger partial charge in [0.25, 0.3) is 0 Å². The summed E-state index contributed by atoms with van der Waals surface area (Å²) in [5.41, 5.74) is 16.8. The minimum Gasteiger partial charge on any atom is -0.391 e. The predicted molar refractivity (Wildman–Crippen MR) is 260 cm³/mol. The van der Waals surface area contributed by atoms with E-state index in [1.807, 2.05) is 0 Å². The number of aliphatic hydroxyl groups excluding tert-OH is 1. The molecule has 26 nitrogen and oxygen atoms in total. The van der Waals surface area contributed by atoms with Crippen LogP contribution in [0, 0.1) is 11.8 Å². The van der Waals surface area contributed by atoms with E-state index in [4.69, 9.17) is 17.2 Å². The number of aliphatic imine (C=N–C) groups is 1. The highest BCUT2D eigenvalue weighted by atomic mass is 16.3. The number of primary amides is 1. The van der Waals surface area contributed by atoms with Crippen LogP contribution in [0.25, 0.3) is 0 Å². The molecule has 1 aromatic rings. The number of aromatic amines is 1. The Bertz CT molecular complexity index is 2010. The van der Waals surface area contributed by atoms with Crippen molar-refractivity contribution in [1.29, 1.82) is 0 Å². The SMILES string of the molecule is CCC[C@H](NC(=O)[C@@H](NC(=O)[C@H](NC(=O)[C@H](Cc1cnc[nH]1)NC(=O)CNC(C)=O)[C@@H](C)CC)[C@@H](C)O)C(=O)N[C@H](C(=O)N[C@@H](CCCN=C(N)N)C(=O)N1CCC[C@H]1C(=O)N[C@H](C)C(N)=O)[C@@H](C)CC. The van der Waals surface area contributed by atoms with Crippen molar-refractivity contribution >= 4 is 65.0 Å². The van der Waals surface area contributed by atoms with Gasteiger partial charge in [0.1, 0.15) is 48.3 Å². The molecule has 0 bridgehead atoms. The van der Waals surface area contributed by atoms with Gasteiger partial charge in [0, 0.05) is 38.3 Å². The second kappa shape index (κ2) is 30.0. The number of aromatic nitrogens is 2. The summed E-state index contributed by atoms with van der Waals surface area (Å²) in [5.74, 6) is -8.41. The van der Waals surface area contributed by atoms with E-state index in [1.165, 1.54) is 38.2 Å². The van der Waals surface area contributed by atoms with Crippen LogP contribution in [0.3, 0.4) is 0 Å². The molecule has 1 aliphatic heterocycles. The van der Waals surface area contributed by atoms with Crippen molar-refractivity contribution in [1.82, 2.24) is 57.4 Å². The summed E-state index contributed by atoms with van der Waals surface area (Å²) < 4.78 is 0. The van der Waals surface area contributed by atoms with Crippen molar-refractivity contribution in [2.24, 2.45) is 34.0 Å². The average molecular weight is 1000 g/mol. The van der Waals surface area contributed by atoms with E-state index in [1.54, 1.807) is 34.6 Å². The molecule has 1 saturated heterocycles. The normalized spacial score (nSPS) is 17.4. The van der Waals surface area contributed by atoms with E-state index in [2.05, 4.69) is 57.5 Å². The van der Waals surface area contributed by atoms with Gasteiger partial charge in [-0.1, -0.05) is 53.9 Å². The smallest absolute Gasteiger partial charge is 0.245 e. The molecule has 1 fully saturated rings. The number of nitrogens with zero attached hydrogens (tertiary/aromatic N) is 3. The molecule has 0 saturated carbocycles. The van der Waals surface area contributed by atoms with Gasteiger partial charge in [-0.15, -0.1) is 0 Å². The Morgan fingerprint density at radius 1 is 0.761 bits per heavy atom. The number of H-pyrrole nitrogens is 1. The Balaban J connectivity index is 2.34. The van der Waals surface area contributed by atoms with Gasteiger partial charge in [-0.05, 0) is 57.8 Å². The lowest BCUT2D eigenvalue weighted by atomic mass is 9.96. The molecule has 398 valence electrons. The van der Waals surface area contributed by atoms with Crippen LogP contribution in [0.2, 0.25) is 0 Å². The predicted octanol–water partition coefficient (Wildman–Crippen LogP) is -3.70. The molecule has 2 rings (SSSR count). The van der Waals surface area contributed by atoms with Gasteiger partial charge < -0.3 is 74.7 Å². The molecule has 1 aliphatic rings. The number of carbonyl (C=O) groups excluding carboxylic acids is 10. The van der Waals surface area contributed by atoms with Crippen molar-refractivity contribution in [3.05, 3.63) is 18.2 Å². The number of aliphatic hydroxyl groups is 1. The summed E-state index contributed by atoms with van der Waals surface area (Å²) in [6, 6.07) is -9.86. The minimum absolute atomic E-state index is 0.0376. The van der Waals surface area contributed by atoms with Crippen molar-refractivity contribution in [2.75, 3.05) is 19.6 Å². The first-order valence-electron chi connectivity index (χ1n) is 24.1. The van der Waals surface area contributed by atoms with Crippen molar-refractivity contribution in [3.8, 4) is 0 Å². The molecule has 11 atom stereocenters. The summed E-state index contributed by atoms with van der Waals surface area (Å²) >= 11 is 0. The van der Waals surface area contributed by atoms with Gasteiger partial charge >= 0.3 is 0 Å². The molecule has 0 aliphatic carbocycles. The van der Waals surface area contributed by atoms with Crippen LogP contribution in [-0.2, 0) is 54.4 Å². The van der Waals surface area contributed by atoms with E-state index >= 15 is 0 Å². The van der Waals surface area contributed by atoms with Crippen molar-refractivity contribution in [3.63, 3.8) is 0 Å². The van der Waals surface area contributed by atoms with Gasteiger partial charge in [-0.2, -0.15) is 0 Å². The Labute approximate surface area is 414 Å². The number of rotatable bonds is 30. The van der Waals surface area contributed by atoms with Crippen LogP contribution in [0.5, 0.6) is 0 Å². The Kier molecular flexibility index (Phi) is 25.5. The Hall–Kier alpha value is -6.86. The zero-order valence-corrected chi connectivity index (χ0v) is 42.1. The molecular weight excluding hydrogens is 927 g/mol. The third-order valence-corrected chi connectivity index (χ3v) is 12.2. The number of nitrogens with two attached hydrogens (primary N) is 3. The van der Waals surface area contributed by atoms with Crippen LogP contribution in [-0.4, -0.2) is 159 Å². The molecule has 71 heavy (non-hydrogen) atoms. The van der Waals surface area contributed by atoms with E-state index < -0.39 is 132 Å². The van der Waals surface area contributed by atoms with E-state index in [9.17, 15) is 53.1 Å². The molecule has 0 aromatic carbocycles. The Morgan fingerprint density at radius 3 is 1.85 bits per heavy atom. The topological polar surface area (TPSA) is 410 Å². The monoisotopic (exact) mass is 1000 g/mol. The molecule has 0 spiro atoms. The lowest BCUT2D eigenvalue weighted by molar-refractivity contribution is -0.142.